The van der Waals surface area contributed by atoms with Gasteiger partial charge in [-0.2, -0.15) is 16.7 Å². The van der Waals surface area contributed by atoms with Crippen molar-refractivity contribution in [2.75, 3.05) is 87.5 Å². The number of piperidine rings is 1. The minimum absolute atomic E-state index is 0.0387. The van der Waals surface area contributed by atoms with Gasteiger partial charge in [0.25, 0.3) is 0 Å². The van der Waals surface area contributed by atoms with Crippen molar-refractivity contribution in [3.63, 3.8) is 0 Å². The van der Waals surface area contributed by atoms with Crippen LogP contribution in [0.4, 0.5) is 27.9 Å². The number of para-hydroxylation sites is 2. The molecule has 0 unspecified atom stereocenters. The molecule has 0 bridgehead atoms. The number of nitrogens with zero attached hydrogens (tertiary/aromatic N) is 3. The van der Waals surface area contributed by atoms with Crippen molar-refractivity contribution < 1.29 is 38.2 Å². The number of amides is 6. The van der Waals surface area contributed by atoms with Crippen LogP contribution in [-0.4, -0.2) is 139 Å². The lowest BCUT2D eigenvalue weighted by Crippen LogP contribution is -2.42. The highest BCUT2D eigenvalue weighted by molar-refractivity contribution is 8.00. The quantitative estimate of drug-likeness (QED) is 0.0343. The molecule has 3 fully saturated rings. The Hall–Kier alpha value is -4.69. The van der Waals surface area contributed by atoms with E-state index in [1.165, 1.54) is 12.3 Å². The predicted octanol–water partition coefficient (Wildman–Crippen LogP) is 4.36. The summed E-state index contributed by atoms with van der Waals surface area (Å²) in [6, 6.07) is 7.62. The summed E-state index contributed by atoms with van der Waals surface area (Å²) in [7, 11) is 0. The molecule has 63 heavy (non-hydrogen) atoms. The number of aromatic nitrogens is 2. The number of anilines is 4. The first kappa shape index (κ1) is 49.3. The van der Waals surface area contributed by atoms with Crippen LogP contribution in [0.1, 0.15) is 70.6 Å². The van der Waals surface area contributed by atoms with Crippen molar-refractivity contribution >= 4 is 76.2 Å². The number of hydrogen-bond donors (Lipinski definition) is 7. The monoisotopic (exact) mass is 914 g/mol. The molecule has 18 nitrogen and oxygen atoms in total. The van der Waals surface area contributed by atoms with Crippen molar-refractivity contribution in [2.24, 2.45) is 0 Å². The van der Waals surface area contributed by atoms with Gasteiger partial charge in [-0.25, -0.2) is 9.78 Å². The van der Waals surface area contributed by atoms with Crippen LogP contribution in [0.15, 0.2) is 43.1 Å². The van der Waals surface area contributed by atoms with Gasteiger partial charge in [-0.3, -0.25) is 19.2 Å². The lowest BCUT2D eigenvalue weighted by molar-refractivity contribution is -0.132. The number of urea groups is 1. The first-order chi connectivity index (χ1) is 30.7. The molecule has 0 spiro atoms. The molecule has 3 aliphatic heterocycles. The number of hydrogen-bond acceptors (Lipinski definition) is 13. The van der Waals surface area contributed by atoms with E-state index in [2.05, 4.69) is 53.8 Å². The molecule has 3 aliphatic rings. The molecule has 7 N–H and O–H groups in total. The van der Waals surface area contributed by atoms with Crippen LogP contribution in [0.2, 0.25) is 5.02 Å². The van der Waals surface area contributed by atoms with Crippen molar-refractivity contribution in [3.05, 3.63) is 48.1 Å². The zero-order chi connectivity index (χ0) is 44.7. The number of halogens is 1. The first-order valence-electron chi connectivity index (χ1n) is 22.0. The fourth-order valence-corrected chi connectivity index (χ4v) is 9.03. The molecule has 3 saturated heterocycles. The van der Waals surface area contributed by atoms with Crippen LogP contribution >= 0.6 is 23.4 Å². The molecular weight excluding hydrogens is 852 g/mol. The lowest BCUT2D eigenvalue weighted by Gasteiger charge is -2.32. The smallest absolute Gasteiger partial charge is 0.315 e. The lowest BCUT2D eigenvalue weighted by atomic mass is 10.0. The molecule has 1 aromatic carbocycles. The van der Waals surface area contributed by atoms with E-state index in [-0.39, 0.29) is 54.2 Å². The Morgan fingerprint density at radius 1 is 0.857 bits per heavy atom. The van der Waals surface area contributed by atoms with E-state index >= 15 is 0 Å². The summed E-state index contributed by atoms with van der Waals surface area (Å²) in [5.41, 5.74) is 1.16. The zero-order valence-corrected chi connectivity index (χ0v) is 37.5. The topological polar surface area (TPSA) is 226 Å². The minimum Gasteiger partial charge on any atom is -0.379 e. The summed E-state index contributed by atoms with van der Waals surface area (Å²) in [5, 5.41) is 21.8. The maximum atomic E-state index is 12.9. The van der Waals surface area contributed by atoms with Gasteiger partial charge in [0, 0.05) is 75.7 Å². The summed E-state index contributed by atoms with van der Waals surface area (Å²) in [6.45, 7) is 8.63. The molecule has 0 saturated carbocycles. The highest BCUT2D eigenvalue weighted by Gasteiger charge is 2.42. The average molecular weight is 916 g/mol. The highest BCUT2D eigenvalue weighted by Crippen LogP contribution is 2.33. The Bertz CT molecular complexity index is 1810. The molecule has 0 radical (unpaired) electrons. The van der Waals surface area contributed by atoms with Crippen molar-refractivity contribution in [1.29, 1.82) is 0 Å². The Kier molecular flexibility index (Phi) is 21.5. The maximum absolute atomic E-state index is 12.9. The van der Waals surface area contributed by atoms with Crippen LogP contribution in [0, 0.1) is 0 Å². The number of nitrogens with one attached hydrogen (secondary N) is 7. The second-order valence-electron chi connectivity index (χ2n) is 15.5. The van der Waals surface area contributed by atoms with E-state index in [9.17, 15) is 24.0 Å². The standard InChI is InChI=1S/C43H63ClN10O8S/c1-2-36(55)49-32-10-3-4-11-33(32)50-41-31(44)28-47-42(53-41)48-30-16-20-54(21-17-30)39(58)15-7-14-38(57)46-19-9-23-61-25-27-62-26-24-60-22-8-18-45-37(56)13-6-5-12-35-40-34(29-63-35)51-43(59)52-40/h2-4,10-11,28,30,34-35,40H,1,5-9,12-27,29H2,(H,45,56)(H,46,57)(H,49,55)(H2,51,52,59)(H2,47,48,50,53)/t34-,35-,40-/m0/s1. The zero-order valence-electron chi connectivity index (χ0n) is 35.9. The van der Waals surface area contributed by atoms with Gasteiger partial charge >= 0.3 is 6.03 Å². The normalized spacial score (nSPS) is 18.2. The number of carbonyl (C=O) groups is 5. The Morgan fingerprint density at radius 2 is 1.51 bits per heavy atom. The first-order valence-corrected chi connectivity index (χ1v) is 23.4. The molecule has 6 amide bonds. The van der Waals surface area contributed by atoms with E-state index in [0.29, 0.717) is 125 Å². The van der Waals surface area contributed by atoms with Crippen molar-refractivity contribution in [2.45, 2.75) is 94.0 Å². The fraction of sp³-hybridized carbons (Fsp3) is 0.605. The van der Waals surface area contributed by atoms with Gasteiger partial charge < -0.3 is 56.3 Å². The van der Waals surface area contributed by atoms with Gasteiger partial charge in [-0.05, 0) is 63.2 Å². The van der Waals surface area contributed by atoms with Gasteiger partial charge in [-0.1, -0.05) is 36.7 Å². The molecular formula is C43H63ClN10O8S. The average Bonchev–Trinajstić information content (AvgIpc) is 3.84. The molecule has 1 aromatic heterocycles. The number of likely N-dealkylation sites (tertiary alicyclic amines) is 1. The fourth-order valence-electron chi connectivity index (χ4n) is 7.35. The SMILES string of the molecule is C=CC(=O)Nc1ccccc1Nc1nc(NC2CCN(C(=O)CCCC(=O)NCCCOCCOCCOCCCNC(=O)CCCC[C@@H]3SC[C@@H]4NC(=O)N[C@@H]43)CC2)ncc1Cl. The number of thioether (sulfide) groups is 1. The summed E-state index contributed by atoms with van der Waals surface area (Å²) in [5.74, 6) is 1.41. The summed E-state index contributed by atoms with van der Waals surface area (Å²) < 4.78 is 16.7. The number of benzene rings is 1. The summed E-state index contributed by atoms with van der Waals surface area (Å²) >= 11 is 8.28. The Morgan fingerprint density at radius 3 is 2.19 bits per heavy atom. The van der Waals surface area contributed by atoms with Crippen LogP contribution < -0.4 is 37.2 Å². The number of fused-ring (bicyclic) bond motifs is 1. The van der Waals surface area contributed by atoms with Gasteiger partial charge in [-0.15, -0.1) is 0 Å². The van der Waals surface area contributed by atoms with Gasteiger partial charge in [0.2, 0.25) is 29.6 Å². The predicted molar refractivity (Wildman–Crippen MR) is 244 cm³/mol. The largest absolute Gasteiger partial charge is 0.379 e. The molecule has 346 valence electrons. The second kappa shape index (κ2) is 27.5. The summed E-state index contributed by atoms with van der Waals surface area (Å²) in [4.78, 5) is 71.4. The van der Waals surface area contributed by atoms with E-state index in [1.807, 2.05) is 22.7 Å². The van der Waals surface area contributed by atoms with Crippen molar-refractivity contribution in [3.8, 4) is 0 Å². The van der Waals surface area contributed by atoms with E-state index in [4.69, 9.17) is 25.8 Å². The Balaban J connectivity index is 0.784. The van der Waals surface area contributed by atoms with Crippen molar-refractivity contribution in [1.82, 2.24) is 36.1 Å². The summed E-state index contributed by atoms with van der Waals surface area (Å²) in [6.07, 6.45) is 9.96. The molecule has 3 atom stereocenters. The number of unbranched alkanes of at least 4 members (excludes halogenated alkanes) is 1. The molecule has 20 heteroatoms. The highest BCUT2D eigenvalue weighted by atomic mass is 35.5. The third-order valence-corrected chi connectivity index (χ3v) is 12.5. The van der Waals surface area contributed by atoms with Gasteiger partial charge in [0.15, 0.2) is 5.82 Å². The van der Waals surface area contributed by atoms with E-state index < -0.39 is 0 Å². The Labute approximate surface area is 378 Å². The maximum Gasteiger partial charge on any atom is 0.315 e. The third kappa shape index (κ3) is 17.8. The van der Waals surface area contributed by atoms with Crippen LogP contribution in [0.3, 0.4) is 0 Å². The van der Waals surface area contributed by atoms with Crippen LogP contribution in [0.5, 0.6) is 0 Å². The number of carbonyl (C=O) groups excluding carboxylic acids is 5. The number of ether oxygens (including phenoxy) is 3. The van der Waals surface area contributed by atoms with Crippen LogP contribution in [0.25, 0.3) is 0 Å². The molecule has 2 aromatic rings. The number of rotatable bonds is 29. The molecule has 0 aliphatic carbocycles. The van der Waals surface area contributed by atoms with Gasteiger partial charge in [0.1, 0.15) is 5.02 Å². The second-order valence-corrected chi connectivity index (χ2v) is 17.2. The molecule has 4 heterocycles. The van der Waals surface area contributed by atoms with E-state index in [0.717, 1.165) is 44.3 Å². The van der Waals surface area contributed by atoms with Gasteiger partial charge in [0.05, 0.1) is 56.1 Å². The van der Waals surface area contributed by atoms with Crippen LogP contribution in [-0.2, 0) is 33.4 Å². The molecule has 5 rings (SSSR count). The minimum atomic E-state index is -0.340. The third-order valence-electron chi connectivity index (χ3n) is 10.7. The van der Waals surface area contributed by atoms with E-state index in [1.54, 1.807) is 18.2 Å².